The first-order valence-electron chi connectivity index (χ1n) is 8.52. The molecule has 0 spiro atoms. The van der Waals surface area contributed by atoms with Gasteiger partial charge in [0, 0.05) is 5.56 Å². The van der Waals surface area contributed by atoms with E-state index in [1.807, 2.05) is 0 Å². The average Bonchev–Trinajstić information content (AvgIpc) is 3.03. The molecule has 3 aromatic rings. The summed E-state index contributed by atoms with van der Waals surface area (Å²) in [6, 6.07) is 9.51. The van der Waals surface area contributed by atoms with E-state index in [-0.39, 0.29) is 27.6 Å². The van der Waals surface area contributed by atoms with Gasteiger partial charge in [-0.2, -0.15) is 4.99 Å². The third-order valence-corrected chi connectivity index (χ3v) is 6.99. The summed E-state index contributed by atoms with van der Waals surface area (Å²) in [5, 5.41) is 0. The van der Waals surface area contributed by atoms with Gasteiger partial charge in [-0.3, -0.25) is 9.59 Å². The molecule has 0 N–H and O–H groups in total. The lowest BCUT2D eigenvalue weighted by Crippen LogP contribution is -2.22. The summed E-state index contributed by atoms with van der Waals surface area (Å²) in [5.41, 5.74) is 0.728. The maximum Gasteiger partial charge on any atom is 0.325 e. The molecule has 0 saturated heterocycles. The van der Waals surface area contributed by atoms with E-state index in [9.17, 15) is 22.4 Å². The highest BCUT2D eigenvalue weighted by Crippen LogP contribution is 2.19. The number of fused-ring (bicyclic) bond motifs is 1. The molecule has 10 heteroatoms. The maximum atomic E-state index is 13.6. The Morgan fingerprint density at radius 3 is 2.48 bits per heavy atom. The molecule has 152 valence electrons. The van der Waals surface area contributed by atoms with Gasteiger partial charge in [0.25, 0.3) is 5.91 Å². The van der Waals surface area contributed by atoms with E-state index in [2.05, 4.69) is 9.73 Å². The molecule has 0 unspecified atom stereocenters. The molecular formula is C19H17FN2O5S2. The number of esters is 1. The van der Waals surface area contributed by atoms with Crippen LogP contribution >= 0.6 is 11.3 Å². The average molecular weight is 436 g/mol. The number of halogens is 1. The van der Waals surface area contributed by atoms with Crippen LogP contribution in [-0.2, 0) is 25.9 Å². The number of benzene rings is 2. The first-order valence-corrected chi connectivity index (χ1v) is 11.0. The van der Waals surface area contributed by atoms with Gasteiger partial charge < -0.3 is 9.30 Å². The van der Waals surface area contributed by atoms with E-state index < -0.39 is 27.5 Å². The fourth-order valence-corrected chi connectivity index (χ4v) is 4.54. The number of carbonyl (C=O) groups excluding carboxylic acids is 2. The Labute approximate surface area is 170 Å². The van der Waals surface area contributed by atoms with Crippen molar-refractivity contribution in [3.05, 3.63) is 58.6 Å². The van der Waals surface area contributed by atoms with Crippen molar-refractivity contribution in [2.24, 2.45) is 4.99 Å². The Hall–Kier alpha value is -2.85. The summed E-state index contributed by atoms with van der Waals surface area (Å²) >= 11 is 1.06. The van der Waals surface area contributed by atoms with Crippen LogP contribution in [0.5, 0.6) is 0 Å². The Morgan fingerprint density at radius 2 is 1.86 bits per heavy atom. The van der Waals surface area contributed by atoms with Crippen LogP contribution in [0.1, 0.15) is 17.3 Å². The summed E-state index contributed by atoms with van der Waals surface area (Å²) in [4.78, 5) is 28.7. The van der Waals surface area contributed by atoms with Crippen molar-refractivity contribution in [2.75, 3.05) is 12.9 Å². The standard InChI is InChI=1S/C19H17FN2O5S2/c1-3-29(25,26)14-7-4-12(5-8-14)18(24)21-19-22(11-17(23)27-2)15-9-6-13(20)10-16(15)28-19/h4-10H,3,11H2,1-2H3. The first-order chi connectivity index (χ1) is 13.7. The molecule has 0 aliphatic carbocycles. The lowest BCUT2D eigenvalue weighted by molar-refractivity contribution is -0.141. The van der Waals surface area contributed by atoms with Gasteiger partial charge in [0.2, 0.25) is 0 Å². The largest absolute Gasteiger partial charge is 0.468 e. The van der Waals surface area contributed by atoms with Crippen molar-refractivity contribution in [3.8, 4) is 0 Å². The molecule has 0 aliphatic rings. The third kappa shape index (κ3) is 4.43. The molecule has 29 heavy (non-hydrogen) atoms. The van der Waals surface area contributed by atoms with Crippen LogP contribution in [-0.4, -0.2) is 37.7 Å². The van der Waals surface area contributed by atoms with Gasteiger partial charge in [-0.15, -0.1) is 0 Å². The van der Waals surface area contributed by atoms with Gasteiger partial charge in [0.15, 0.2) is 14.6 Å². The second-order valence-electron chi connectivity index (χ2n) is 6.00. The maximum absolute atomic E-state index is 13.6. The summed E-state index contributed by atoms with van der Waals surface area (Å²) in [7, 11) is -2.13. The molecule has 1 amide bonds. The normalized spacial score (nSPS) is 12.3. The predicted molar refractivity (Wildman–Crippen MR) is 106 cm³/mol. The number of hydrogen-bond acceptors (Lipinski definition) is 6. The Morgan fingerprint density at radius 1 is 1.17 bits per heavy atom. The lowest BCUT2D eigenvalue weighted by Gasteiger charge is -2.04. The van der Waals surface area contributed by atoms with Gasteiger partial charge in [0.05, 0.1) is 28.0 Å². The lowest BCUT2D eigenvalue weighted by atomic mass is 10.2. The van der Waals surface area contributed by atoms with Gasteiger partial charge in [0.1, 0.15) is 12.4 Å². The minimum absolute atomic E-state index is 0.0451. The van der Waals surface area contributed by atoms with Crippen LogP contribution in [0.3, 0.4) is 0 Å². The van der Waals surface area contributed by atoms with E-state index in [0.717, 1.165) is 11.3 Å². The molecule has 3 rings (SSSR count). The van der Waals surface area contributed by atoms with Gasteiger partial charge in [-0.05, 0) is 42.5 Å². The van der Waals surface area contributed by atoms with Crippen LogP contribution in [0.15, 0.2) is 52.4 Å². The smallest absolute Gasteiger partial charge is 0.325 e. The van der Waals surface area contributed by atoms with Crippen molar-refractivity contribution >= 4 is 43.3 Å². The zero-order valence-electron chi connectivity index (χ0n) is 15.6. The highest BCUT2D eigenvalue weighted by Gasteiger charge is 2.15. The Bertz CT molecular complexity index is 1260. The summed E-state index contributed by atoms with van der Waals surface area (Å²) in [5.74, 6) is -1.65. The number of ether oxygens (including phenoxy) is 1. The number of methoxy groups -OCH3 is 1. The zero-order valence-corrected chi connectivity index (χ0v) is 17.2. The number of amides is 1. The zero-order chi connectivity index (χ0) is 21.2. The monoisotopic (exact) mass is 436 g/mol. The van der Waals surface area contributed by atoms with E-state index in [1.165, 1.54) is 61.1 Å². The molecule has 0 fully saturated rings. The van der Waals surface area contributed by atoms with Crippen molar-refractivity contribution in [3.63, 3.8) is 0 Å². The second-order valence-corrected chi connectivity index (χ2v) is 9.29. The van der Waals surface area contributed by atoms with Crippen LogP contribution in [0, 0.1) is 5.82 Å². The highest BCUT2D eigenvalue weighted by atomic mass is 32.2. The summed E-state index contributed by atoms with van der Waals surface area (Å²) < 4.78 is 44.0. The molecule has 7 nitrogen and oxygen atoms in total. The van der Waals surface area contributed by atoms with Gasteiger partial charge in [-0.25, -0.2) is 12.8 Å². The van der Waals surface area contributed by atoms with E-state index >= 15 is 0 Å². The number of carbonyl (C=O) groups is 2. The van der Waals surface area contributed by atoms with Crippen molar-refractivity contribution in [1.29, 1.82) is 0 Å². The summed E-state index contributed by atoms with van der Waals surface area (Å²) in [6.07, 6.45) is 0. The third-order valence-electron chi connectivity index (χ3n) is 4.20. The van der Waals surface area contributed by atoms with Crippen LogP contribution in [0.25, 0.3) is 10.2 Å². The molecule has 0 atom stereocenters. The molecule has 1 aromatic heterocycles. The van der Waals surface area contributed by atoms with Crippen molar-refractivity contribution < 1.29 is 27.1 Å². The predicted octanol–water partition coefficient (Wildman–Crippen LogP) is 2.55. The fourth-order valence-electron chi connectivity index (χ4n) is 2.60. The van der Waals surface area contributed by atoms with Crippen molar-refractivity contribution in [2.45, 2.75) is 18.4 Å². The summed E-state index contributed by atoms with van der Waals surface area (Å²) in [6.45, 7) is 1.34. The first kappa shape index (κ1) is 20.9. The Kier molecular flexibility index (Phi) is 5.94. The number of nitrogens with zero attached hydrogens (tertiary/aromatic N) is 2. The Balaban J connectivity index is 2.06. The quantitative estimate of drug-likeness (QED) is 0.573. The van der Waals surface area contributed by atoms with Crippen LogP contribution in [0.2, 0.25) is 0 Å². The number of sulfone groups is 1. The molecule has 0 bridgehead atoms. The molecule has 0 radical (unpaired) electrons. The SMILES string of the molecule is CCS(=O)(=O)c1ccc(C(=O)N=c2sc3cc(F)ccc3n2CC(=O)OC)cc1. The minimum Gasteiger partial charge on any atom is -0.468 e. The minimum atomic E-state index is -3.37. The molecule has 2 aromatic carbocycles. The van der Waals surface area contributed by atoms with E-state index in [0.29, 0.717) is 10.2 Å². The number of thiazole rings is 1. The van der Waals surface area contributed by atoms with Crippen LogP contribution < -0.4 is 4.80 Å². The number of rotatable bonds is 5. The van der Waals surface area contributed by atoms with E-state index in [4.69, 9.17) is 0 Å². The molecule has 1 heterocycles. The van der Waals surface area contributed by atoms with E-state index in [1.54, 1.807) is 0 Å². The second kappa shape index (κ2) is 8.26. The van der Waals surface area contributed by atoms with Gasteiger partial charge in [-0.1, -0.05) is 18.3 Å². The molecular weight excluding hydrogens is 419 g/mol. The van der Waals surface area contributed by atoms with Gasteiger partial charge >= 0.3 is 5.97 Å². The fraction of sp³-hybridized carbons (Fsp3) is 0.211. The number of aromatic nitrogens is 1. The molecule has 0 aliphatic heterocycles. The number of hydrogen-bond donors (Lipinski definition) is 0. The molecule has 0 saturated carbocycles. The topological polar surface area (TPSA) is 94.8 Å². The van der Waals surface area contributed by atoms with Crippen LogP contribution in [0.4, 0.5) is 4.39 Å². The van der Waals surface area contributed by atoms with Crippen molar-refractivity contribution in [1.82, 2.24) is 4.57 Å². The highest BCUT2D eigenvalue weighted by molar-refractivity contribution is 7.91.